The highest BCUT2D eigenvalue weighted by Crippen LogP contribution is 2.25. The molecular formula is C29H34FN3O5S. The minimum absolute atomic E-state index is 0.0632. The Bertz CT molecular complexity index is 1320. The Balaban J connectivity index is 1.87. The van der Waals surface area contributed by atoms with Gasteiger partial charge in [-0.15, -0.1) is 0 Å². The zero-order chi connectivity index (χ0) is 28.3. The number of aliphatic hydroxyl groups is 1. The fraction of sp³-hybridized carbons (Fsp3) is 0.310. The highest BCUT2D eigenvalue weighted by Gasteiger charge is 2.31. The van der Waals surface area contributed by atoms with Crippen LogP contribution in [0.1, 0.15) is 42.5 Å². The minimum Gasteiger partial charge on any atom is -0.396 e. The van der Waals surface area contributed by atoms with Gasteiger partial charge < -0.3 is 15.3 Å². The molecule has 0 radical (unpaired) electrons. The second-order valence-electron chi connectivity index (χ2n) is 8.97. The lowest BCUT2D eigenvalue weighted by Gasteiger charge is -2.32. The fourth-order valence-electron chi connectivity index (χ4n) is 4.11. The third kappa shape index (κ3) is 8.71. The van der Waals surface area contributed by atoms with Gasteiger partial charge in [0.25, 0.3) is 0 Å². The molecule has 0 bridgehead atoms. The van der Waals surface area contributed by atoms with Crippen LogP contribution in [0, 0.1) is 5.82 Å². The van der Waals surface area contributed by atoms with Gasteiger partial charge in [0.05, 0.1) is 4.90 Å². The van der Waals surface area contributed by atoms with Gasteiger partial charge in [0.2, 0.25) is 21.8 Å². The standard InChI is InChI=1S/C29H34FN3O5S/c1-2-32-39(37,38)26-16-11-22(12-17-26)13-18-27(35)33(21-23-9-14-25(30)15-10-23)28(24-7-4-3-5-8-24)29(36)31-19-6-20-34/h3-5,7-12,14-17,28,32,34H,2,6,13,18-21H2,1H3,(H,31,36). The number of halogens is 1. The first-order valence-corrected chi connectivity index (χ1v) is 14.3. The van der Waals surface area contributed by atoms with E-state index in [0.717, 1.165) is 5.56 Å². The molecule has 0 heterocycles. The summed E-state index contributed by atoms with van der Waals surface area (Å²) in [6, 6.07) is 20.1. The van der Waals surface area contributed by atoms with E-state index in [1.54, 1.807) is 55.5 Å². The van der Waals surface area contributed by atoms with Crippen LogP contribution in [-0.4, -0.2) is 49.9 Å². The Hall–Kier alpha value is -3.60. The lowest BCUT2D eigenvalue weighted by Crippen LogP contribution is -2.43. The molecule has 208 valence electrons. The van der Waals surface area contributed by atoms with Crippen LogP contribution in [0.2, 0.25) is 0 Å². The predicted molar refractivity (Wildman–Crippen MR) is 146 cm³/mol. The topological polar surface area (TPSA) is 116 Å². The summed E-state index contributed by atoms with van der Waals surface area (Å²) in [5.74, 6) is -1.09. The molecule has 0 aliphatic rings. The Kier molecular flexibility index (Phi) is 11.2. The van der Waals surface area contributed by atoms with Gasteiger partial charge in [-0.25, -0.2) is 17.5 Å². The van der Waals surface area contributed by atoms with Crippen molar-refractivity contribution in [2.45, 2.75) is 43.7 Å². The molecule has 1 atom stereocenters. The number of nitrogens with zero attached hydrogens (tertiary/aromatic N) is 1. The first kappa shape index (κ1) is 29.9. The number of aryl methyl sites for hydroxylation is 1. The van der Waals surface area contributed by atoms with E-state index in [9.17, 15) is 22.4 Å². The van der Waals surface area contributed by atoms with Gasteiger partial charge in [-0.1, -0.05) is 61.5 Å². The van der Waals surface area contributed by atoms with Gasteiger partial charge in [-0.2, -0.15) is 0 Å². The van der Waals surface area contributed by atoms with Gasteiger partial charge in [0.15, 0.2) is 0 Å². The molecule has 0 fully saturated rings. The van der Waals surface area contributed by atoms with Crippen molar-refractivity contribution in [1.82, 2.24) is 14.9 Å². The summed E-state index contributed by atoms with van der Waals surface area (Å²) >= 11 is 0. The van der Waals surface area contributed by atoms with Crippen LogP contribution in [0.25, 0.3) is 0 Å². The highest BCUT2D eigenvalue weighted by atomic mass is 32.2. The van der Waals surface area contributed by atoms with Crippen LogP contribution in [0.5, 0.6) is 0 Å². The highest BCUT2D eigenvalue weighted by molar-refractivity contribution is 7.89. The van der Waals surface area contributed by atoms with Crippen molar-refractivity contribution >= 4 is 21.8 Å². The molecule has 1 unspecified atom stereocenters. The largest absolute Gasteiger partial charge is 0.396 e. The number of carbonyl (C=O) groups is 2. The van der Waals surface area contributed by atoms with E-state index < -0.39 is 21.9 Å². The second kappa shape index (κ2) is 14.5. The molecule has 0 spiro atoms. The molecule has 0 aromatic heterocycles. The van der Waals surface area contributed by atoms with Crippen molar-refractivity contribution in [2.75, 3.05) is 19.7 Å². The minimum atomic E-state index is -3.58. The van der Waals surface area contributed by atoms with Crippen LogP contribution in [0.3, 0.4) is 0 Å². The maximum absolute atomic E-state index is 13.7. The molecular weight excluding hydrogens is 521 g/mol. The molecule has 3 rings (SSSR count). The maximum Gasteiger partial charge on any atom is 0.247 e. The molecule has 0 saturated carbocycles. The first-order valence-electron chi connectivity index (χ1n) is 12.8. The van der Waals surface area contributed by atoms with E-state index in [-0.39, 0.29) is 49.4 Å². The second-order valence-corrected chi connectivity index (χ2v) is 10.7. The first-order chi connectivity index (χ1) is 18.7. The molecule has 8 nitrogen and oxygen atoms in total. The van der Waals surface area contributed by atoms with Crippen molar-refractivity contribution in [3.8, 4) is 0 Å². The van der Waals surface area contributed by atoms with Gasteiger partial charge in [0, 0.05) is 32.7 Å². The van der Waals surface area contributed by atoms with E-state index in [1.807, 2.05) is 6.07 Å². The van der Waals surface area contributed by atoms with E-state index in [2.05, 4.69) is 10.0 Å². The predicted octanol–water partition coefficient (Wildman–Crippen LogP) is 3.33. The van der Waals surface area contributed by atoms with Crippen molar-refractivity contribution in [1.29, 1.82) is 0 Å². The molecule has 3 N–H and O–H groups in total. The van der Waals surface area contributed by atoms with Gasteiger partial charge in [-0.05, 0) is 53.8 Å². The summed E-state index contributed by atoms with van der Waals surface area (Å²) in [4.78, 5) is 28.6. The monoisotopic (exact) mass is 555 g/mol. The molecule has 39 heavy (non-hydrogen) atoms. The van der Waals surface area contributed by atoms with Crippen LogP contribution >= 0.6 is 0 Å². The van der Waals surface area contributed by atoms with Crippen LogP contribution in [-0.2, 0) is 32.6 Å². The fourth-order valence-corrected chi connectivity index (χ4v) is 5.15. The molecule has 0 aliphatic carbocycles. The summed E-state index contributed by atoms with van der Waals surface area (Å²) in [7, 11) is -3.58. The normalized spacial score (nSPS) is 12.1. The number of hydrogen-bond acceptors (Lipinski definition) is 5. The molecule has 0 saturated heterocycles. The number of sulfonamides is 1. The number of hydrogen-bond donors (Lipinski definition) is 3. The third-order valence-electron chi connectivity index (χ3n) is 6.09. The number of carbonyl (C=O) groups excluding carboxylic acids is 2. The van der Waals surface area contributed by atoms with E-state index in [4.69, 9.17) is 5.11 Å². The Morgan fingerprint density at radius 2 is 1.59 bits per heavy atom. The Labute approximate surface area is 228 Å². The summed E-state index contributed by atoms with van der Waals surface area (Å²) in [6.07, 6.45) is 0.764. The lowest BCUT2D eigenvalue weighted by atomic mass is 10.0. The van der Waals surface area contributed by atoms with Crippen molar-refractivity contribution in [3.63, 3.8) is 0 Å². The molecule has 3 aromatic carbocycles. The average molecular weight is 556 g/mol. The zero-order valence-corrected chi connectivity index (χ0v) is 22.7. The zero-order valence-electron chi connectivity index (χ0n) is 21.8. The number of amides is 2. The summed E-state index contributed by atoms with van der Waals surface area (Å²) < 4.78 is 40.4. The summed E-state index contributed by atoms with van der Waals surface area (Å²) in [6.45, 7) is 2.22. The van der Waals surface area contributed by atoms with Gasteiger partial charge in [-0.3, -0.25) is 9.59 Å². The lowest BCUT2D eigenvalue weighted by molar-refractivity contribution is -0.141. The number of aliphatic hydroxyl groups excluding tert-OH is 1. The van der Waals surface area contributed by atoms with E-state index in [0.29, 0.717) is 24.0 Å². The average Bonchev–Trinajstić information content (AvgIpc) is 2.93. The summed E-state index contributed by atoms with van der Waals surface area (Å²) in [5.41, 5.74) is 2.04. The van der Waals surface area contributed by atoms with Crippen LogP contribution in [0.4, 0.5) is 4.39 Å². The van der Waals surface area contributed by atoms with Crippen LogP contribution in [0.15, 0.2) is 83.8 Å². The van der Waals surface area contributed by atoms with Gasteiger partial charge in [0.1, 0.15) is 11.9 Å². The van der Waals surface area contributed by atoms with Gasteiger partial charge >= 0.3 is 0 Å². The number of rotatable bonds is 14. The smallest absolute Gasteiger partial charge is 0.247 e. The van der Waals surface area contributed by atoms with Crippen molar-refractivity contribution in [3.05, 3.63) is 101 Å². The molecule has 3 aromatic rings. The maximum atomic E-state index is 13.7. The van der Waals surface area contributed by atoms with E-state index >= 15 is 0 Å². The van der Waals surface area contributed by atoms with Crippen molar-refractivity contribution in [2.24, 2.45) is 0 Å². The summed E-state index contributed by atoms with van der Waals surface area (Å²) in [5, 5.41) is 11.9. The number of nitrogens with one attached hydrogen (secondary N) is 2. The quantitative estimate of drug-likeness (QED) is 0.264. The number of benzene rings is 3. The Morgan fingerprint density at radius 1 is 0.949 bits per heavy atom. The molecule has 2 amide bonds. The SMILES string of the molecule is CCNS(=O)(=O)c1ccc(CCC(=O)N(Cc2ccc(F)cc2)C(C(=O)NCCCO)c2ccccc2)cc1. The van der Waals surface area contributed by atoms with Crippen LogP contribution < -0.4 is 10.0 Å². The molecule has 0 aliphatic heterocycles. The third-order valence-corrected chi connectivity index (χ3v) is 7.65. The molecule has 10 heteroatoms. The Morgan fingerprint density at radius 3 is 2.21 bits per heavy atom. The van der Waals surface area contributed by atoms with Crippen molar-refractivity contribution < 1.29 is 27.5 Å². The van der Waals surface area contributed by atoms with E-state index in [1.165, 1.54) is 29.2 Å².